The van der Waals surface area contributed by atoms with E-state index >= 15 is 0 Å². The Labute approximate surface area is 213 Å². The smallest absolute Gasteiger partial charge is 0.255 e. The number of furan rings is 1. The first kappa shape index (κ1) is 26.2. The lowest BCUT2D eigenvalue weighted by Gasteiger charge is -2.25. The zero-order valence-corrected chi connectivity index (χ0v) is 20.1. The van der Waals surface area contributed by atoms with Crippen LogP contribution in [-0.4, -0.2) is 49.4 Å². The highest BCUT2D eigenvalue weighted by Gasteiger charge is 2.33. The summed E-state index contributed by atoms with van der Waals surface area (Å²) in [5.41, 5.74) is -0.910. The van der Waals surface area contributed by atoms with Crippen LogP contribution < -0.4 is 10.6 Å². The Bertz CT molecular complexity index is 1460. The van der Waals surface area contributed by atoms with Crippen molar-refractivity contribution >= 4 is 34.5 Å². The van der Waals surface area contributed by atoms with E-state index in [1.807, 2.05) is 0 Å². The van der Waals surface area contributed by atoms with E-state index < -0.39 is 43.2 Å². The van der Waals surface area contributed by atoms with Gasteiger partial charge in [0.15, 0.2) is 0 Å². The third-order valence-corrected chi connectivity index (χ3v) is 6.07. The van der Waals surface area contributed by atoms with E-state index in [0.29, 0.717) is 22.1 Å². The lowest BCUT2D eigenvalue weighted by molar-refractivity contribution is 0.0810. The van der Waals surface area contributed by atoms with E-state index in [1.165, 1.54) is 49.5 Å². The molecule has 0 bridgehead atoms. The average molecular weight is 534 g/mol. The lowest BCUT2D eigenvalue weighted by atomic mass is 10.00. The molecule has 11 heteroatoms. The minimum Gasteiger partial charge on any atom is -0.437 e. The summed E-state index contributed by atoms with van der Waals surface area (Å²) in [4.78, 5) is 29.7. The van der Waals surface area contributed by atoms with Crippen molar-refractivity contribution in [1.82, 2.24) is 15.6 Å². The fourth-order valence-electron chi connectivity index (χ4n) is 3.71. The topological polar surface area (TPSA) is 84.2 Å². The number of hydrogen-bond acceptors (Lipinski definition) is 4. The highest BCUT2D eigenvalue weighted by molar-refractivity contribution is 6.32. The molecule has 0 fully saturated rings. The van der Waals surface area contributed by atoms with Gasteiger partial charge in [-0.1, -0.05) is 23.7 Å². The number of alkyl halides is 3. The fraction of sp³-hybridized carbons (Fsp3) is 0.192. The van der Waals surface area contributed by atoms with Gasteiger partial charge in [0.1, 0.15) is 42.3 Å². The number of pyridine rings is 1. The van der Waals surface area contributed by atoms with Crippen molar-refractivity contribution < 1.29 is 31.6 Å². The van der Waals surface area contributed by atoms with Gasteiger partial charge in [-0.15, -0.1) is 0 Å². The average Bonchev–Trinajstić information content (AvgIpc) is 3.29. The number of amides is 2. The quantitative estimate of drug-likeness (QED) is 0.225. The second kappa shape index (κ2) is 10.6. The molecule has 4 rings (SSSR count). The molecule has 0 saturated heterocycles. The molecule has 6 nitrogen and oxygen atoms in total. The number of hydrogen-bond donors (Lipinski definition) is 2. The Morgan fingerprint density at radius 3 is 2.27 bits per heavy atom. The SMILES string of the molecule is CNC(=O)c1c(-c2ccc(F)cc2)oc2nc(Cl)c(-c3cccc(C(=O)NC(CF)(CF)CF)c3)cc12. The van der Waals surface area contributed by atoms with Gasteiger partial charge in [0.05, 0.1) is 10.9 Å². The van der Waals surface area contributed by atoms with Crippen LogP contribution in [0.15, 0.2) is 59.0 Å². The molecule has 2 aromatic carbocycles. The second-order valence-electron chi connectivity index (χ2n) is 8.29. The van der Waals surface area contributed by atoms with E-state index in [9.17, 15) is 27.2 Å². The van der Waals surface area contributed by atoms with Gasteiger partial charge in [-0.25, -0.2) is 22.5 Å². The molecule has 0 atom stereocenters. The molecule has 0 spiro atoms. The van der Waals surface area contributed by atoms with Gasteiger partial charge in [-0.2, -0.15) is 0 Å². The summed E-state index contributed by atoms with van der Waals surface area (Å²) in [7, 11) is 1.44. The number of rotatable bonds is 8. The molecule has 192 valence electrons. The molecule has 0 aliphatic rings. The first-order valence-electron chi connectivity index (χ1n) is 11.0. The molecule has 2 N–H and O–H groups in total. The largest absolute Gasteiger partial charge is 0.437 e. The third kappa shape index (κ3) is 5.01. The minimum absolute atomic E-state index is 0.000826. The van der Waals surface area contributed by atoms with Gasteiger partial charge in [0, 0.05) is 23.7 Å². The van der Waals surface area contributed by atoms with Crippen molar-refractivity contribution in [2.75, 3.05) is 27.1 Å². The second-order valence-corrected chi connectivity index (χ2v) is 8.65. The van der Waals surface area contributed by atoms with E-state index in [-0.39, 0.29) is 27.8 Å². The zero-order valence-electron chi connectivity index (χ0n) is 19.4. The number of fused-ring (bicyclic) bond motifs is 1. The maximum Gasteiger partial charge on any atom is 0.255 e. The first-order chi connectivity index (χ1) is 17.8. The molecular formula is C26H20ClF4N3O3. The summed E-state index contributed by atoms with van der Waals surface area (Å²) < 4.78 is 59.0. The molecular weight excluding hydrogens is 514 g/mol. The monoisotopic (exact) mass is 533 g/mol. The van der Waals surface area contributed by atoms with Gasteiger partial charge in [-0.05, 0) is 48.0 Å². The Morgan fingerprint density at radius 2 is 1.65 bits per heavy atom. The Balaban J connectivity index is 1.81. The summed E-state index contributed by atoms with van der Waals surface area (Å²) in [5.74, 6) is -1.67. The molecule has 0 saturated carbocycles. The van der Waals surface area contributed by atoms with E-state index in [1.54, 1.807) is 12.1 Å². The van der Waals surface area contributed by atoms with Gasteiger partial charge in [0.2, 0.25) is 5.71 Å². The number of nitrogens with one attached hydrogen (secondary N) is 2. The first-order valence-corrected chi connectivity index (χ1v) is 11.4. The molecule has 4 aromatic rings. The molecule has 2 aromatic heterocycles. The summed E-state index contributed by atoms with van der Waals surface area (Å²) >= 11 is 6.41. The van der Waals surface area contributed by atoms with Crippen LogP contribution in [0.5, 0.6) is 0 Å². The van der Waals surface area contributed by atoms with Crippen molar-refractivity contribution in [3.8, 4) is 22.5 Å². The van der Waals surface area contributed by atoms with Gasteiger partial charge in [0.25, 0.3) is 11.8 Å². The Hall–Kier alpha value is -3.92. The van der Waals surface area contributed by atoms with E-state index in [2.05, 4.69) is 15.6 Å². The number of aromatic nitrogens is 1. The number of halogens is 5. The van der Waals surface area contributed by atoms with E-state index in [0.717, 1.165) is 0 Å². The standard InChI is InChI=1S/C26H20ClF4N3O3/c1-32-24(36)20-19-10-18(22(27)33-25(19)37-21(20)14-5-7-17(31)8-6-14)15-3-2-4-16(9-15)23(35)34-26(11-28,12-29)13-30/h2-10H,11-13H2,1H3,(H,32,36)(H,34,35). The van der Waals surface area contributed by atoms with Crippen molar-refractivity contribution in [1.29, 1.82) is 0 Å². The zero-order chi connectivity index (χ0) is 26.7. The van der Waals surface area contributed by atoms with Crippen LogP contribution >= 0.6 is 11.6 Å². The maximum absolute atomic E-state index is 13.4. The van der Waals surface area contributed by atoms with Crippen molar-refractivity contribution in [2.24, 2.45) is 0 Å². The Morgan fingerprint density at radius 1 is 0.973 bits per heavy atom. The van der Waals surface area contributed by atoms with Crippen LogP contribution in [0.25, 0.3) is 33.6 Å². The number of carbonyl (C=O) groups excluding carboxylic acids is 2. The van der Waals surface area contributed by atoms with Crippen LogP contribution in [-0.2, 0) is 0 Å². The summed E-state index contributed by atoms with van der Waals surface area (Å²) in [6, 6.07) is 12.8. The van der Waals surface area contributed by atoms with Crippen LogP contribution in [0.4, 0.5) is 17.6 Å². The molecule has 2 amide bonds. The predicted octanol–water partition coefficient (Wildman–Crippen LogP) is 5.69. The van der Waals surface area contributed by atoms with Crippen LogP contribution in [0.2, 0.25) is 5.15 Å². The van der Waals surface area contributed by atoms with Crippen molar-refractivity contribution in [3.63, 3.8) is 0 Å². The fourth-order valence-corrected chi connectivity index (χ4v) is 3.95. The minimum atomic E-state index is -2.26. The molecule has 0 radical (unpaired) electrons. The van der Waals surface area contributed by atoms with Crippen molar-refractivity contribution in [3.05, 3.63) is 76.7 Å². The predicted molar refractivity (Wildman–Crippen MR) is 131 cm³/mol. The maximum atomic E-state index is 13.4. The molecule has 2 heterocycles. The molecule has 0 aliphatic carbocycles. The summed E-state index contributed by atoms with van der Waals surface area (Å²) in [6.45, 7) is -4.26. The normalized spacial score (nSPS) is 11.5. The molecule has 37 heavy (non-hydrogen) atoms. The molecule has 0 aliphatic heterocycles. The highest BCUT2D eigenvalue weighted by Crippen LogP contribution is 2.37. The number of benzene rings is 2. The molecule has 0 unspecified atom stereocenters. The van der Waals surface area contributed by atoms with Crippen molar-refractivity contribution in [2.45, 2.75) is 5.54 Å². The van der Waals surface area contributed by atoms with Gasteiger partial charge in [-0.3, -0.25) is 9.59 Å². The van der Waals surface area contributed by atoms with Crippen LogP contribution in [0.1, 0.15) is 20.7 Å². The van der Waals surface area contributed by atoms with E-state index in [4.69, 9.17) is 16.0 Å². The van der Waals surface area contributed by atoms with Gasteiger partial charge < -0.3 is 15.1 Å². The van der Waals surface area contributed by atoms with Gasteiger partial charge >= 0.3 is 0 Å². The lowest BCUT2D eigenvalue weighted by Crippen LogP contribution is -2.54. The number of nitrogens with zero attached hydrogens (tertiary/aromatic N) is 1. The number of carbonyl (C=O) groups is 2. The Kier molecular flexibility index (Phi) is 7.49. The summed E-state index contributed by atoms with van der Waals surface area (Å²) in [6.07, 6.45) is 0. The van der Waals surface area contributed by atoms with Crippen LogP contribution in [0.3, 0.4) is 0 Å². The highest BCUT2D eigenvalue weighted by atomic mass is 35.5. The summed E-state index contributed by atoms with van der Waals surface area (Å²) in [5, 5.41) is 4.90. The third-order valence-electron chi connectivity index (χ3n) is 5.78. The van der Waals surface area contributed by atoms with Crippen LogP contribution in [0, 0.1) is 5.82 Å².